The van der Waals surface area contributed by atoms with Crippen molar-refractivity contribution >= 4 is 34.5 Å². The van der Waals surface area contributed by atoms with Crippen LogP contribution in [0.1, 0.15) is 105 Å². The summed E-state index contributed by atoms with van der Waals surface area (Å²) in [5.41, 5.74) is 4.48. The average molecular weight is 636 g/mol. The van der Waals surface area contributed by atoms with Crippen molar-refractivity contribution in [2.75, 3.05) is 11.9 Å². The quantitative estimate of drug-likeness (QED) is 0.130. The molecule has 0 aliphatic carbocycles. The molecule has 214 valence electrons. The maximum absolute atomic E-state index is 12.8. The molecule has 3 rings (SSSR count). The van der Waals surface area contributed by atoms with Crippen LogP contribution in [0.15, 0.2) is 54.2 Å². The minimum absolute atomic E-state index is 0. The fourth-order valence-corrected chi connectivity index (χ4v) is 5.42. The Bertz CT molecular complexity index is 1100. The molecular formula is C32H44BrClN2O2S. The van der Waals surface area contributed by atoms with E-state index in [4.69, 9.17) is 16.3 Å². The van der Waals surface area contributed by atoms with Crippen LogP contribution in [-0.4, -0.2) is 12.5 Å². The zero-order valence-electron chi connectivity index (χ0n) is 23.5. The van der Waals surface area contributed by atoms with E-state index in [1.165, 1.54) is 81.1 Å². The second kappa shape index (κ2) is 19.2. The van der Waals surface area contributed by atoms with E-state index in [-0.39, 0.29) is 22.9 Å². The molecule has 1 heterocycles. The SMILES string of the molecule is CCCCCCCCCCCCCCOc1ccc(C(=O)Nc2ccc(C[n+]3csc(C)c3)cc2)c(Cl)c1.[Br-]. The molecule has 0 saturated carbocycles. The van der Waals surface area contributed by atoms with Crippen LogP contribution < -0.4 is 31.6 Å². The van der Waals surface area contributed by atoms with Crippen molar-refractivity contribution in [3.05, 3.63) is 75.2 Å². The molecule has 7 heteroatoms. The molecule has 0 spiro atoms. The number of aryl methyl sites for hydroxylation is 1. The number of aromatic nitrogens is 1. The summed E-state index contributed by atoms with van der Waals surface area (Å²) in [6, 6.07) is 13.2. The number of hydrogen-bond donors (Lipinski definition) is 1. The lowest BCUT2D eigenvalue weighted by Gasteiger charge is -2.10. The van der Waals surface area contributed by atoms with Crippen LogP contribution in [-0.2, 0) is 6.54 Å². The zero-order valence-corrected chi connectivity index (χ0v) is 26.7. The molecule has 0 radical (unpaired) electrons. The van der Waals surface area contributed by atoms with Gasteiger partial charge in [-0.1, -0.05) is 113 Å². The molecule has 4 nitrogen and oxygen atoms in total. The molecule has 1 N–H and O–H groups in total. The summed E-state index contributed by atoms with van der Waals surface area (Å²) in [4.78, 5) is 14.1. The highest BCUT2D eigenvalue weighted by molar-refractivity contribution is 7.09. The molecule has 0 saturated heterocycles. The van der Waals surface area contributed by atoms with Crippen LogP contribution in [0, 0.1) is 6.92 Å². The van der Waals surface area contributed by atoms with Crippen molar-refractivity contribution in [3.63, 3.8) is 0 Å². The number of anilines is 1. The Morgan fingerprint density at radius 3 is 2.08 bits per heavy atom. The summed E-state index contributed by atoms with van der Waals surface area (Å²) < 4.78 is 8.04. The first-order valence-electron chi connectivity index (χ1n) is 14.3. The lowest BCUT2D eigenvalue weighted by molar-refractivity contribution is -0.683. The van der Waals surface area contributed by atoms with Crippen molar-refractivity contribution in [1.29, 1.82) is 0 Å². The van der Waals surface area contributed by atoms with Gasteiger partial charge >= 0.3 is 0 Å². The third-order valence-corrected chi connectivity index (χ3v) is 7.92. The summed E-state index contributed by atoms with van der Waals surface area (Å²) in [5, 5.41) is 3.34. The van der Waals surface area contributed by atoms with E-state index >= 15 is 0 Å². The van der Waals surface area contributed by atoms with Crippen molar-refractivity contribution in [3.8, 4) is 5.75 Å². The number of carbonyl (C=O) groups is 1. The molecule has 2 aromatic carbocycles. The number of nitrogens with one attached hydrogen (secondary N) is 1. The maximum Gasteiger partial charge on any atom is 0.257 e. The lowest BCUT2D eigenvalue weighted by atomic mass is 10.1. The van der Waals surface area contributed by atoms with Gasteiger partial charge in [-0.05, 0) is 43.7 Å². The van der Waals surface area contributed by atoms with E-state index in [1.54, 1.807) is 23.5 Å². The summed E-state index contributed by atoms with van der Waals surface area (Å²) in [6.45, 7) is 5.86. The van der Waals surface area contributed by atoms with Gasteiger partial charge in [0.25, 0.3) is 5.91 Å². The first-order valence-corrected chi connectivity index (χ1v) is 15.6. The first-order chi connectivity index (χ1) is 18.5. The minimum atomic E-state index is -0.224. The van der Waals surface area contributed by atoms with Crippen LogP contribution >= 0.6 is 22.9 Å². The van der Waals surface area contributed by atoms with Crippen LogP contribution in [0.5, 0.6) is 5.75 Å². The van der Waals surface area contributed by atoms with Crippen LogP contribution in [0.3, 0.4) is 0 Å². The molecule has 0 aliphatic heterocycles. The van der Waals surface area contributed by atoms with Crippen LogP contribution in [0.25, 0.3) is 0 Å². The molecule has 3 aromatic rings. The highest BCUT2D eigenvalue weighted by Crippen LogP contribution is 2.24. The molecule has 1 aromatic heterocycles. The Balaban J connectivity index is 0.00000533. The molecule has 0 unspecified atom stereocenters. The van der Waals surface area contributed by atoms with Gasteiger partial charge < -0.3 is 27.0 Å². The van der Waals surface area contributed by atoms with Gasteiger partial charge in [0.15, 0.2) is 12.7 Å². The minimum Gasteiger partial charge on any atom is -1.00 e. The summed E-state index contributed by atoms with van der Waals surface area (Å²) in [6.07, 6.45) is 18.0. The second-order valence-corrected chi connectivity index (χ2v) is 11.7. The highest BCUT2D eigenvalue weighted by Gasteiger charge is 2.12. The number of ether oxygens (including phenoxy) is 1. The Kier molecular flexibility index (Phi) is 16.4. The second-order valence-electron chi connectivity index (χ2n) is 10.2. The highest BCUT2D eigenvalue weighted by atomic mass is 79.9. The van der Waals surface area contributed by atoms with Crippen molar-refractivity contribution < 1.29 is 31.1 Å². The molecule has 0 fully saturated rings. The molecule has 39 heavy (non-hydrogen) atoms. The molecule has 0 aliphatic rings. The monoisotopic (exact) mass is 634 g/mol. The number of nitrogens with zero attached hydrogens (tertiary/aromatic N) is 1. The number of rotatable bonds is 18. The smallest absolute Gasteiger partial charge is 0.257 e. The maximum atomic E-state index is 12.8. The number of halogens is 2. The third kappa shape index (κ3) is 12.9. The van der Waals surface area contributed by atoms with Gasteiger partial charge in [0.2, 0.25) is 5.51 Å². The molecular weight excluding hydrogens is 592 g/mol. The topological polar surface area (TPSA) is 42.2 Å². The largest absolute Gasteiger partial charge is 1.00 e. The summed E-state index contributed by atoms with van der Waals surface area (Å²) in [5.74, 6) is 0.484. The molecule has 0 bridgehead atoms. The van der Waals surface area contributed by atoms with Crippen molar-refractivity contribution in [2.45, 2.75) is 97.4 Å². The van der Waals surface area contributed by atoms with E-state index in [0.29, 0.717) is 22.9 Å². The number of carbonyl (C=O) groups excluding carboxylic acids is 1. The van der Waals surface area contributed by atoms with Gasteiger partial charge in [0, 0.05) is 11.3 Å². The fraction of sp³-hybridized carbons (Fsp3) is 0.500. The van der Waals surface area contributed by atoms with Gasteiger partial charge in [-0.2, -0.15) is 4.57 Å². The Morgan fingerprint density at radius 1 is 0.897 bits per heavy atom. The van der Waals surface area contributed by atoms with Crippen molar-refractivity contribution in [1.82, 2.24) is 0 Å². The van der Waals surface area contributed by atoms with Gasteiger partial charge in [-0.3, -0.25) is 4.79 Å². The van der Waals surface area contributed by atoms with E-state index < -0.39 is 0 Å². The third-order valence-electron chi connectivity index (χ3n) is 6.75. The van der Waals surface area contributed by atoms with E-state index in [1.807, 2.05) is 30.3 Å². The van der Waals surface area contributed by atoms with Crippen LogP contribution in [0.4, 0.5) is 5.69 Å². The van der Waals surface area contributed by atoms with Gasteiger partial charge in [0.1, 0.15) is 5.75 Å². The summed E-state index contributed by atoms with van der Waals surface area (Å²) >= 11 is 8.16. The number of hydrogen-bond acceptors (Lipinski definition) is 3. The Hall–Kier alpha value is -1.89. The van der Waals surface area contributed by atoms with E-state index in [0.717, 1.165) is 18.7 Å². The van der Waals surface area contributed by atoms with Crippen LogP contribution in [0.2, 0.25) is 5.02 Å². The standard InChI is InChI=1S/C32H43ClN2O2S.BrH/c1-3-4-5-6-7-8-9-10-11-12-13-14-21-37-29-19-20-30(31(33)22-29)32(36)34-28-17-15-27(16-18-28)24-35-23-26(2)38-25-35;/h15-20,22-23,25H,3-14,21,24H2,1-2H3;1H. The predicted octanol–water partition coefficient (Wildman–Crippen LogP) is 6.38. The Morgan fingerprint density at radius 2 is 1.51 bits per heavy atom. The fourth-order valence-electron chi connectivity index (χ4n) is 4.53. The van der Waals surface area contributed by atoms with E-state index in [9.17, 15) is 4.79 Å². The van der Waals surface area contributed by atoms with Crippen molar-refractivity contribution in [2.24, 2.45) is 0 Å². The molecule has 0 atom stereocenters. The van der Waals surface area contributed by atoms with Gasteiger partial charge in [-0.15, -0.1) is 0 Å². The number of unbranched alkanes of at least 4 members (excludes halogenated alkanes) is 11. The zero-order chi connectivity index (χ0) is 27.0. The lowest BCUT2D eigenvalue weighted by Crippen LogP contribution is -3.00. The first kappa shape index (κ1) is 33.3. The summed E-state index contributed by atoms with van der Waals surface area (Å²) in [7, 11) is 0. The Labute approximate surface area is 254 Å². The normalized spacial score (nSPS) is 10.7. The van der Waals surface area contributed by atoms with Gasteiger partial charge in [0.05, 0.1) is 22.1 Å². The number of thiazole rings is 1. The number of benzene rings is 2. The number of amides is 1. The molecule has 1 amide bonds. The predicted molar refractivity (Wildman–Crippen MR) is 161 cm³/mol. The van der Waals surface area contributed by atoms with Gasteiger partial charge in [-0.25, -0.2) is 0 Å². The average Bonchev–Trinajstić information content (AvgIpc) is 3.32. The van der Waals surface area contributed by atoms with E-state index in [2.05, 4.69) is 35.4 Å².